The molecule has 0 amide bonds. The van der Waals surface area contributed by atoms with Gasteiger partial charge in [0.25, 0.3) is 0 Å². The lowest BCUT2D eigenvalue weighted by molar-refractivity contribution is -0.136. The van der Waals surface area contributed by atoms with Gasteiger partial charge in [0.1, 0.15) is 0 Å². The second kappa shape index (κ2) is 6.92. The number of sulfone groups is 1. The first-order chi connectivity index (χ1) is 10.5. The van der Waals surface area contributed by atoms with Crippen LogP contribution in [0, 0.1) is 11.8 Å². The summed E-state index contributed by atoms with van der Waals surface area (Å²) in [5.41, 5.74) is 0.712. The molecule has 5 heteroatoms. The Hall–Kier alpha value is -2.58. The Morgan fingerprint density at radius 3 is 2.09 bits per heavy atom. The second-order valence-electron chi connectivity index (χ2n) is 4.56. The third-order valence-electron chi connectivity index (χ3n) is 3.02. The van der Waals surface area contributed by atoms with Crippen molar-refractivity contribution in [2.45, 2.75) is 16.6 Å². The summed E-state index contributed by atoms with van der Waals surface area (Å²) in [7, 11) is -3.96. The molecule has 22 heavy (non-hydrogen) atoms. The van der Waals surface area contributed by atoms with Crippen molar-refractivity contribution in [3.8, 4) is 11.8 Å². The van der Waals surface area contributed by atoms with Crippen LogP contribution in [0.5, 0.6) is 0 Å². The van der Waals surface area contributed by atoms with Crippen LogP contribution in [0.25, 0.3) is 0 Å². The molecule has 0 saturated heterocycles. The monoisotopic (exact) mass is 314 g/mol. The molecule has 0 aromatic heterocycles. The standard InChI is InChI=1S/C17H14O4S/c18-17(19)16(13-7-10-14-8-3-1-4-9-14)22(20,21)15-11-5-2-6-12-15/h1-6,8-9,11-12,16H,13H2,(H,18,19). The third-order valence-corrected chi connectivity index (χ3v) is 5.06. The molecule has 4 nitrogen and oxygen atoms in total. The van der Waals surface area contributed by atoms with Gasteiger partial charge in [-0.05, 0) is 24.3 Å². The van der Waals surface area contributed by atoms with Gasteiger partial charge in [-0.3, -0.25) is 4.79 Å². The maximum absolute atomic E-state index is 12.4. The normalized spacial score (nSPS) is 12.0. The number of carboxylic acid groups (broad SMARTS) is 1. The Labute approximate surface area is 129 Å². The van der Waals surface area contributed by atoms with Gasteiger partial charge < -0.3 is 5.11 Å². The van der Waals surface area contributed by atoms with E-state index in [0.29, 0.717) is 5.56 Å². The van der Waals surface area contributed by atoms with Gasteiger partial charge in [-0.2, -0.15) is 0 Å². The molecule has 0 fully saturated rings. The van der Waals surface area contributed by atoms with Gasteiger partial charge in [0.2, 0.25) is 0 Å². The first-order valence-electron chi connectivity index (χ1n) is 6.57. The van der Waals surface area contributed by atoms with Crippen molar-refractivity contribution >= 4 is 15.8 Å². The molecule has 0 aliphatic carbocycles. The van der Waals surface area contributed by atoms with Gasteiger partial charge in [-0.1, -0.05) is 48.2 Å². The summed E-state index contributed by atoms with van der Waals surface area (Å²) in [5.74, 6) is 4.03. The Morgan fingerprint density at radius 2 is 1.55 bits per heavy atom. The summed E-state index contributed by atoms with van der Waals surface area (Å²) in [6, 6.07) is 16.5. The number of hydrogen-bond donors (Lipinski definition) is 1. The van der Waals surface area contributed by atoms with Gasteiger partial charge in [-0.15, -0.1) is 0 Å². The maximum Gasteiger partial charge on any atom is 0.323 e. The molecular formula is C17H14O4S. The highest BCUT2D eigenvalue weighted by Gasteiger charge is 2.33. The SMILES string of the molecule is O=C(O)C(CC#Cc1ccccc1)S(=O)(=O)c1ccccc1. The number of rotatable bonds is 4. The van der Waals surface area contributed by atoms with Crippen molar-refractivity contribution in [3.05, 3.63) is 66.2 Å². The number of aliphatic carboxylic acids is 1. The Morgan fingerprint density at radius 1 is 1.00 bits per heavy atom. The van der Waals surface area contributed by atoms with E-state index in [0.717, 1.165) is 0 Å². The molecule has 2 rings (SSSR count). The minimum atomic E-state index is -3.96. The molecule has 0 aliphatic rings. The first-order valence-corrected chi connectivity index (χ1v) is 8.12. The van der Waals surface area contributed by atoms with E-state index in [2.05, 4.69) is 11.8 Å². The molecule has 112 valence electrons. The molecule has 1 atom stereocenters. The van der Waals surface area contributed by atoms with E-state index < -0.39 is 21.1 Å². The summed E-state index contributed by atoms with van der Waals surface area (Å²) < 4.78 is 24.7. The molecule has 0 aliphatic heterocycles. The van der Waals surface area contributed by atoms with Crippen LogP contribution in [0.4, 0.5) is 0 Å². The maximum atomic E-state index is 12.4. The fourth-order valence-electron chi connectivity index (χ4n) is 1.87. The highest BCUT2D eigenvalue weighted by atomic mass is 32.2. The van der Waals surface area contributed by atoms with Crippen molar-refractivity contribution in [1.29, 1.82) is 0 Å². The van der Waals surface area contributed by atoms with Crippen molar-refractivity contribution in [3.63, 3.8) is 0 Å². The van der Waals surface area contributed by atoms with E-state index in [9.17, 15) is 18.3 Å². The van der Waals surface area contributed by atoms with Crippen molar-refractivity contribution in [2.24, 2.45) is 0 Å². The van der Waals surface area contributed by atoms with Crippen LogP contribution in [0.3, 0.4) is 0 Å². The lowest BCUT2D eigenvalue weighted by atomic mass is 10.2. The fraction of sp³-hybridized carbons (Fsp3) is 0.118. The summed E-state index contributed by atoms with van der Waals surface area (Å²) in [6.07, 6.45) is -0.262. The van der Waals surface area contributed by atoms with E-state index in [1.165, 1.54) is 12.1 Å². The minimum Gasteiger partial charge on any atom is -0.480 e. The second-order valence-corrected chi connectivity index (χ2v) is 6.69. The zero-order chi connectivity index (χ0) is 16.0. The van der Waals surface area contributed by atoms with Gasteiger partial charge >= 0.3 is 5.97 Å². The van der Waals surface area contributed by atoms with E-state index >= 15 is 0 Å². The van der Waals surface area contributed by atoms with E-state index in [4.69, 9.17) is 0 Å². The number of carboxylic acids is 1. The Kier molecular flexibility index (Phi) is 4.97. The topological polar surface area (TPSA) is 71.4 Å². The molecule has 1 unspecified atom stereocenters. The van der Waals surface area contributed by atoms with Crippen LogP contribution >= 0.6 is 0 Å². The number of hydrogen-bond acceptors (Lipinski definition) is 3. The number of benzene rings is 2. The zero-order valence-electron chi connectivity index (χ0n) is 11.6. The van der Waals surface area contributed by atoms with Crippen molar-refractivity contribution in [2.75, 3.05) is 0 Å². The third kappa shape index (κ3) is 3.74. The molecule has 0 saturated carbocycles. The van der Waals surface area contributed by atoms with Gasteiger partial charge in [0.15, 0.2) is 15.1 Å². The lowest BCUT2D eigenvalue weighted by Crippen LogP contribution is -2.29. The first kappa shape index (κ1) is 15.8. The minimum absolute atomic E-state index is 0.0103. The average Bonchev–Trinajstić information content (AvgIpc) is 2.53. The molecule has 0 spiro atoms. The Bertz CT molecular complexity index is 800. The summed E-state index contributed by atoms with van der Waals surface area (Å²) in [5, 5.41) is 7.64. The number of carbonyl (C=O) groups is 1. The molecule has 0 bridgehead atoms. The molecule has 2 aromatic rings. The average molecular weight is 314 g/mol. The highest BCUT2D eigenvalue weighted by molar-refractivity contribution is 7.92. The fourth-order valence-corrected chi connectivity index (χ4v) is 3.30. The van der Waals surface area contributed by atoms with Crippen molar-refractivity contribution in [1.82, 2.24) is 0 Å². The van der Waals surface area contributed by atoms with Crippen LogP contribution < -0.4 is 0 Å². The van der Waals surface area contributed by atoms with Crippen LogP contribution in [0.2, 0.25) is 0 Å². The van der Waals surface area contributed by atoms with E-state index in [1.807, 2.05) is 6.07 Å². The van der Waals surface area contributed by atoms with E-state index in [-0.39, 0.29) is 11.3 Å². The summed E-state index contributed by atoms with van der Waals surface area (Å²) in [4.78, 5) is 11.3. The molecular weight excluding hydrogens is 300 g/mol. The van der Waals surface area contributed by atoms with Crippen molar-refractivity contribution < 1.29 is 18.3 Å². The molecule has 1 N–H and O–H groups in total. The van der Waals surface area contributed by atoms with Crippen LogP contribution in [-0.4, -0.2) is 24.7 Å². The van der Waals surface area contributed by atoms with E-state index in [1.54, 1.807) is 42.5 Å². The highest BCUT2D eigenvalue weighted by Crippen LogP contribution is 2.18. The van der Waals surface area contributed by atoms with Crippen LogP contribution in [-0.2, 0) is 14.6 Å². The van der Waals surface area contributed by atoms with Gasteiger partial charge in [-0.25, -0.2) is 8.42 Å². The predicted molar refractivity (Wildman–Crippen MR) is 83.0 cm³/mol. The van der Waals surface area contributed by atoms with Gasteiger partial charge in [0.05, 0.1) is 4.90 Å². The molecule has 0 radical (unpaired) electrons. The largest absolute Gasteiger partial charge is 0.480 e. The van der Waals surface area contributed by atoms with Crippen LogP contribution in [0.15, 0.2) is 65.6 Å². The Balaban J connectivity index is 2.25. The summed E-state index contributed by atoms with van der Waals surface area (Å²) >= 11 is 0. The zero-order valence-corrected chi connectivity index (χ0v) is 12.5. The predicted octanol–water partition coefficient (Wildman–Crippen LogP) is 2.36. The smallest absolute Gasteiger partial charge is 0.323 e. The van der Waals surface area contributed by atoms with Gasteiger partial charge in [0, 0.05) is 12.0 Å². The van der Waals surface area contributed by atoms with Crippen LogP contribution in [0.1, 0.15) is 12.0 Å². The molecule has 0 heterocycles. The lowest BCUT2D eigenvalue weighted by Gasteiger charge is -2.10. The quantitative estimate of drug-likeness (QED) is 0.879. The summed E-state index contributed by atoms with van der Waals surface area (Å²) in [6.45, 7) is 0. The molecule has 2 aromatic carbocycles.